The number of rotatable bonds is 7. The van der Waals surface area contributed by atoms with E-state index < -0.39 is 5.91 Å². The lowest BCUT2D eigenvalue weighted by atomic mass is 10.2. The van der Waals surface area contributed by atoms with Crippen LogP contribution in [-0.2, 0) is 11.3 Å². The monoisotopic (exact) mass is 418 g/mol. The van der Waals surface area contributed by atoms with Gasteiger partial charge in [-0.3, -0.25) is 4.79 Å². The Hall–Kier alpha value is -1.51. The summed E-state index contributed by atoms with van der Waals surface area (Å²) in [6.07, 6.45) is 2.42. The van der Waals surface area contributed by atoms with E-state index in [0.29, 0.717) is 18.3 Å². The van der Waals surface area contributed by atoms with Crippen molar-refractivity contribution in [3.63, 3.8) is 0 Å². The molecule has 7 heteroatoms. The molecule has 0 radical (unpaired) electrons. The van der Waals surface area contributed by atoms with Gasteiger partial charge in [-0.05, 0) is 37.5 Å². The predicted molar refractivity (Wildman–Crippen MR) is 97.5 cm³/mol. The van der Waals surface area contributed by atoms with E-state index in [9.17, 15) is 4.79 Å². The third-order valence-corrected chi connectivity index (χ3v) is 2.96. The van der Waals surface area contributed by atoms with Crippen LogP contribution in [0.25, 0.3) is 0 Å². The summed E-state index contributed by atoms with van der Waals surface area (Å²) in [5, 5.41) is 6.59. The second kappa shape index (κ2) is 9.50. The molecule has 4 N–H and O–H groups in total. The van der Waals surface area contributed by atoms with E-state index >= 15 is 0 Å². The molecule has 0 saturated heterocycles. The van der Waals surface area contributed by atoms with Gasteiger partial charge in [0.15, 0.2) is 12.6 Å². The minimum Gasteiger partial charge on any atom is -0.484 e. The Kier molecular flexibility index (Phi) is 8.00. The normalized spacial score (nSPS) is 14.0. The lowest BCUT2D eigenvalue weighted by Gasteiger charge is -2.10. The molecule has 6 nitrogen and oxygen atoms in total. The van der Waals surface area contributed by atoms with Crippen LogP contribution in [0.3, 0.4) is 0 Å². The van der Waals surface area contributed by atoms with Crippen molar-refractivity contribution in [3.05, 3.63) is 29.8 Å². The van der Waals surface area contributed by atoms with Crippen LogP contribution in [0.2, 0.25) is 0 Å². The minimum absolute atomic E-state index is 0. The summed E-state index contributed by atoms with van der Waals surface area (Å²) in [6, 6.07) is 8.08. The molecule has 0 atom stereocenters. The Balaban J connectivity index is 0.00000242. The zero-order valence-electron chi connectivity index (χ0n) is 12.7. The second-order valence-electron chi connectivity index (χ2n) is 5.02. The molecule has 1 amide bonds. The first-order valence-corrected chi connectivity index (χ1v) is 7.22. The van der Waals surface area contributed by atoms with Gasteiger partial charge in [-0.2, -0.15) is 0 Å². The van der Waals surface area contributed by atoms with E-state index in [2.05, 4.69) is 15.6 Å². The third-order valence-electron chi connectivity index (χ3n) is 2.96. The quantitative estimate of drug-likeness (QED) is 0.355. The average Bonchev–Trinajstić information content (AvgIpc) is 3.27. The number of aliphatic imine (C=N–C) groups is 1. The smallest absolute Gasteiger partial charge is 0.255 e. The Morgan fingerprint density at radius 1 is 1.45 bits per heavy atom. The molecular weight excluding hydrogens is 395 g/mol. The molecule has 0 aliphatic heterocycles. The van der Waals surface area contributed by atoms with Gasteiger partial charge in [0, 0.05) is 12.6 Å². The SMILES string of the molecule is CCNC(=NCc1cccc(OCC(N)=O)c1)NC1CC1.I. The number of nitrogens with zero attached hydrogens (tertiary/aromatic N) is 1. The predicted octanol–water partition coefficient (Wildman–Crippen LogP) is 1.39. The molecule has 22 heavy (non-hydrogen) atoms. The topological polar surface area (TPSA) is 88.7 Å². The van der Waals surface area contributed by atoms with Crippen molar-refractivity contribution in [1.82, 2.24) is 10.6 Å². The van der Waals surface area contributed by atoms with Crippen molar-refractivity contribution >= 4 is 35.8 Å². The first-order chi connectivity index (χ1) is 10.2. The van der Waals surface area contributed by atoms with Crippen LogP contribution in [0, 0.1) is 0 Å². The molecule has 0 spiro atoms. The highest BCUT2D eigenvalue weighted by Gasteiger charge is 2.21. The first-order valence-electron chi connectivity index (χ1n) is 7.22. The standard InChI is InChI=1S/C15H22N4O2.HI/c1-2-17-15(19-12-6-7-12)18-9-11-4-3-5-13(8-11)21-10-14(16)20;/h3-5,8,12H,2,6-7,9-10H2,1H3,(H2,16,20)(H2,17,18,19);1H. The maximum atomic E-state index is 10.7. The second-order valence-corrected chi connectivity index (χ2v) is 5.02. The van der Waals surface area contributed by atoms with Crippen LogP contribution in [-0.4, -0.2) is 31.1 Å². The number of guanidine groups is 1. The maximum Gasteiger partial charge on any atom is 0.255 e. The number of hydrogen-bond donors (Lipinski definition) is 3. The summed E-state index contributed by atoms with van der Waals surface area (Å²) in [5.74, 6) is 0.978. The highest BCUT2D eigenvalue weighted by atomic mass is 127. The number of nitrogens with two attached hydrogens (primary N) is 1. The number of carbonyl (C=O) groups is 1. The van der Waals surface area contributed by atoms with E-state index in [1.54, 1.807) is 6.07 Å². The van der Waals surface area contributed by atoms with Crippen LogP contribution >= 0.6 is 24.0 Å². The van der Waals surface area contributed by atoms with Gasteiger partial charge in [0.25, 0.3) is 5.91 Å². The lowest BCUT2D eigenvalue weighted by Crippen LogP contribution is -2.38. The molecular formula is C15H23IN4O2. The summed E-state index contributed by atoms with van der Waals surface area (Å²) >= 11 is 0. The van der Waals surface area contributed by atoms with Crippen LogP contribution in [0.15, 0.2) is 29.3 Å². The molecule has 1 fully saturated rings. The summed E-state index contributed by atoms with van der Waals surface area (Å²) in [4.78, 5) is 15.3. The lowest BCUT2D eigenvalue weighted by molar-refractivity contribution is -0.119. The van der Waals surface area contributed by atoms with Gasteiger partial charge < -0.3 is 21.1 Å². The van der Waals surface area contributed by atoms with Crippen molar-refractivity contribution in [3.8, 4) is 5.75 Å². The summed E-state index contributed by atoms with van der Waals surface area (Å²) in [5.41, 5.74) is 6.08. The summed E-state index contributed by atoms with van der Waals surface area (Å²) < 4.78 is 5.28. The fourth-order valence-corrected chi connectivity index (χ4v) is 1.80. The molecule has 122 valence electrons. The van der Waals surface area contributed by atoms with Crippen LogP contribution < -0.4 is 21.1 Å². The Morgan fingerprint density at radius 3 is 2.86 bits per heavy atom. The Morgan fingerprint density at radius 2 is 2.23 bits per heavy atom. The van der Waals surface area contributed by atoms with E-state index in [-0.39, 0.29) is 30.6 Å². The summed E-state index contributed by atoms with van der Waals surface area (Å²) in [6.45, 7) is 3.32. The van der Waals surface area contributed by atoms with E-state index in [1.165, 1.54) is 12.8 Å². The number of primary amides is 1. The average molecular weight is 418 g/mol. The largest absolute Gasteiger partial charge is 0.484 e. The fourth-order valence-electron chi connectivity index (χ4n) is 1.80. The number of ether oxygens (including phenoxy) is 1. The molecule has 0 bridgehead atoms. The summed E-state index contributed by atoms with van der Waals surface area (Å²) in [7, 11) is 0. The third kappa shape index (κ3) is 6.97. The highest BCUT2D eigenvalue weighted by Crippen LogP contribution is 2.18. The highest BCUT2D eigenvalue weighted by molar-refractivity contribution is 14.0. The fraction of sp³-hybridized carbons (Fsp3) is 0.467. The van der Waals surface area contributed by atoms with E-state index in [1.807, 2.05) is 25.1 Å². The molecule has 1 aliphatic carbocycles. The molecule has 0 aromatic heterocycles. The van der Waals surface area contributed by atoms with Crippen molar-refractivity contribution in [2.75, 3.05) is 13.2 Å². The molecule has 1 saturated carbocycles. The van der Waals surface area contributed by atoms with Crippen LogP contribution in [0.5, 0.6) is 5.75 Å². The Labute approximate surface area is 147 Å². The van der Waals surface area contributed by atoms with Crippen molar-refractivity contribution < 1.29 is 9.53 Å². The van der Waals surface area contributed by atoms with Gasteiger partial charge in [0.05, 0.1) is 6.54 Å². The van der Waals surface area contributed by atoms with Gasteiger partial charge in [-0.25, -0.2) is 4.99 Å². The number of hydrogen-bond acceptors (Lipinski definition) is 3. The van der Waals surface area contributed by atoms with Gasteiger partial charge in [-0.1, -0.05) is 12.1 Å². The molecule has 1 aliphatic rings. The van der Waals surface area contributed by atoms with Gasteiger partial charge >= 0.3 is 0 Å². The van der Waals surface area contributed by atoms with Gasteiger partial charge in [0.2, 0.25) is 0 Å². The zero-order chi connectivity index (χ0) is 15.1. The number of amides is 1. The number of halogens is 1. The molecule has 0 heterocycles. The van der Waals surface area contributed by atoms with Crippen LogP contribution in [0.1, 0.15) is 25.3 Å². The molecule has 2 rings (SSSR count). The molecule has 0 unspecified atom stereocenters. The van der Waals surface area contributed by atoms with Crippen molar-refractivity contribution in [2.45, 2.75) is 32.4 Å². The van der Waals surface area contributed by atoms with E-state index in [0.717, 1.165) is 18.1 Å². The van der Waals surface area contributed by atoms with Gasteiger partial charge in [-0.15, -0.1) is 24.0 Å². The number of carbonyl (C=O) groups excluding carboxylic acids is 1. The molecule has 1 aromatic rings. The van der Waals surface area contributed by atoms with Crippen LogP contribution in [0.4, 0.5) is 0 Å². The maximum absolute atomic E-state index is 10.7. The van der Waals surface area contributed by atoms with Crippen molar-refractivity contribution in [1.29, 1.82) is 0 Å². The minimum atomic E-state index is -0.485. The first kappa shape index (κ1) is 18.5. The molecule has 1 aromatic carbocycles. The Bertz CT molecular complexity index is 518. The number of nitrogens with one attached hydrogen (secondary N) is 2. The van der Waals surface area contributed by atoms with Crippen molar-refractivity contribution in [2.24, 2.45) is 10.7 Å². The van der Waals surface area contributed by atoms with E-state index in [4.69, 9.17) is 10.5 Å². The van der Waals surface area contributed by atoms with Gasteiger partial charge in [0.1, 0.15) is 5.75 Å². The zero-order valence-corrected chi connectivity index (χ0v) is 15.0. The number of benzene rings is 1.